The van der Waals surface area contributed by atoms with Gasteiger partial charge in [-0.15, -0.1) is 0 Å². The maximum absolute atomic E-state index is 10.6. The standard InChI is InChI=1S/C9H12N2O.C6H6O4/c10-8(9(11)12)6-7-4-2-1-3-5-7;7-2-4-1-5(8)6(9)3-10-4/h1-5,8H,6,10H2,(H2,11,12);1,3,7,9H,2H2/t8-;/m0./s1. The van der Waals surface area contributed by atoms with E-state index in [1.165, 1.54) is 0 Å². The van der Waals surface area contributed by atoms with Gasteiger partial charge in [-0.2, -0.15) is 0 Å². The number of aliphatic hydroxyl groups is 1. The van der Waals surface area contributed by atoms with Crippen molar-refractivity contribution in [3.8, 4) is 5.75 Å². The van der Waals surface area contributed by atoms with Crippen LogP contribution in [0.2, 0.25) is 0 Å². The summed E-state index contributed by atoms with van der Waals surface area (Å²) >= 11 is 0. The number of benzene rings is 1. The number of hydrogen-bond acceptors (Lipinski definition) is 6. The van der Waals surface area contributed by atoms with Gasteiger partial charge in [0, 0.05) is 6.07 Å². The average molecular weight is 306 g/mol. The Morgan fingerprint density at radius 2 is 1.91 bits per heavy atom. The third kappa shape index (κ3) is 5.78. The zero-order chi connectivity index (χ0) is 16.5. The first-order valence-electron chi connectivity index (χ1n) is 6.44. The van der Waals surface area contributed by atoms with E-state index in [9.17, 15) is 9.59 Å². The van der Waals surface area contributed by atoms with E-state index in [1.807, 2.05) is 30.3 Å². The van der Waals surface area contributed by atoms with Crippen LogP contribution in [0.15, 0.2) is 51.9 Å². The lowest BCUT2D eigenvalue weighted by Gasteiger charge is -2.06. The monoisotopic (exact) mass is 306 g/mol. The van der Waals surface area contributed by atoms with Gasteiger partial charge in [-0.25, -0.2) is 0 Å². The Labute approximate surface area is 126 Å². The van der Waals surface area contributed by atoms with Gasteiger partial charge in [0.15, 0.2) is 5.75 Å². The molecule has 0 aliphatic carbocycles. The second kappa shape index (κ2) is 8.60. The molecule has 7 nitrogen and oxygen atoms in total. The van der Waals surface area contributed by atoms with E-state index >= 15 is 0 Å². The average Bonchev–Trinajstić information content (AvgIpc) is 2.51. The lowest BCUT2D eigenvalue weighted by Crippen LogP contribution is -2.38. The Kier molecular flexibility index (Phi) is 6.81. The van der Waals surface area contributed by atoms with Gasteiger partial charge >= 0.3 is 0 Å². The first kappa shape index (κ1) is 17.4. The van der Waals surface area contributed by atoms with E-state index in [0.29, 0.717) is 6.42 Å². The SMILES string of the molecule is NC(=O)[C@@H](N)Cc1ccccc1.O=c1cc(CO)occ1O. The number of aliphatic hydroxyl groups excluding tert-OH is 1. The summed E-state index contributed by atoms with van der Waals surface area (Å²) < 4.78 is 4.59. The second-order valence-electron chi connectivity index (χ2n) is 4.45. The summed E-state index contributed by atoms with van der Waals surface area (Å²) in [6.45, 7) is -0.338. The topological polar surface area (TPSA) is 140 Å². The minimum atomic E-state index is -0.576. The van der Waals surface area contributed by atoms with E-state index in [2.05, 4.69) is 4.42 Å². The Balaban J connectivity index is 0.000000224. The minimum Gasteiger partial charge on any atom is -0.502 e. The molecule has 0 aliphatic rings. The van der Waals surface area contributed by atoms with Gasteiger partial charge in [0.25, 0.3) is 0 Å². The molecule has 0 radical (unpaired) electrons. The number of carbonyl (C=O) groups excluding carboxylic acids is 1. The number of amides is 1. The zero-order valence-electron chi connectivity index (χ0n) is 11.8. The molecular weight excluding hydrogens is 288 g/mol. The lowest BCUT2D eigenvalue weighted by atomic mass is 10.1. The maximum atomic E-state index is 10.6. The van der Waals surface area contributed by atoms with Crippen LogP contribution in [-0.4, -0.2) is 22.2 Å². The smallest absolute Gasteiger partial charge is 0.234 e. The molecule has 2 rings (SSSR count). The van der Waals surface area contributed by atoms with Crippen LogP contribution in [0.25, 0.3) is 0 Å². The summed E-state index contributed by atoms with van der Waals surface area (Å²) in [5.74, 6) is -0.765. The first-order valence-corrected chi connectivity index (χ1v) is 6.44. The highest BCUT2D eigenvalue weighted by atomic mass is 16.4. The van der Waals surface area contributed by atoms with Crippen LogP contribution < -0.4 is 16.9 Å². The molecule has 0 unspecified atom stereocenters. The number of rotatable bonds is 4. The van der Waals surface area contributed by atoms with Crippen LogP contribution in [0.4, 0.5) is 0 Å². The minimum absolute atomic E-state index is 0.141. The molecule has 6 N–H and O–H groups in total. The van der Waals surface area contributed by atoms with E-state index in [1.54, 1.807) is 0 Å². The molecule has 0 saturated heterocycles. The van der Waals surface area contributed by atoms with Gasteiger partial charge < -0.3 is 26.1 Å². The molecular formula is C15H18N2O5. The Morgan fingerprint density at radius 1 is 1.27 bits per heavy atom. The Morgan fingerprint density at radius 3 is 2.41 bits per heavy atom. The van der Waals surface area contributed by atoms with Crippen molar-refractivity contribution in [3.63, 3.8) is 0 Å². The molecule has 1 aromatic carbocycles. The van der Waals surface area contributed by atoms with Crippen molar-refractivity contribution < 1.29 is 19.4 Å². The zero-order valence-corrected chi connectivity index (χ0v) is 11.8. The molecule has 1 amide bonds. The summed E-state index contributed by atoms with van der Waals surface area (Å²) in [6.07, 6.45) is 1.41. The summed E-state index contributed by atoms with van der Waals surface area (Å²) in [5, 5.41) is 17.1. The highest BCUT2D eigenvalue weighted by Gasteiger charge is 2.08. The van der Waals surface area contributed by atoms with Crippen LogP contribution in [-0.2, 0) is 17.8 Å². The molecule has 2 aromatic rings. The molecule has 1 atom stereocenters. The Hall–Kier alpha value is -2.64. The van der Waals surface area contributed by atoms with Crippen molar-refractivity contribution in [2.75, 3.05) is 0 Å². The third-order valence-electron chi connectivity index (χ3n) is 2.69. The van der Waals surface area contributed by atoms with Crippen LogP contribution >= 0.6 is 0 Å². The first-order chi connectivity index (χ1) is 10.4. The fraction of sp³-hybridized carbons (Fsp3) is 0.200. The quantitative estimate of drug-likeness (QED) is 0.621. The van der Waals surface area contributed by atoms with Crippen molar-refractivity contribution in [1.82, 2.24) is 0 Å². The molecule has 0 saturated carbocycles. The van der Waals surface area contributed by atoms with Crippen LogP contribution in [0.5, 0.6) is 5.75 Å². The van der Waals surface area contributed by atoms with E-state index in [4.69, 9.17) is 21.7 Å². The van der Waals surface area contributed by atoms with Crippen molar-refractivity contribution in [2.45, 2.75) is 19.1 Å². The molecule has 118 valence electrons. The number of hydrogen-bond donors (Lipinski definition) is 4. The summed E-state index contributed by atoms with van der Waals surface area (Å²) in [7, 11) is 0. The van der Waals surface area contributed by atoms with Gasteiger partial charge in [-0.3, -0.25) is 9.59 Å². The van der Waals surface area contributed by atoms with Crippen molar-refractivity contribution in [1.29, 1.82) is 0 Å². The fourth-order valence-electron chi connectivity index (χ4n) is 1.50. The molecule has 0 fully saturated rings. The molecule has 22 heavy (non-hydrogen) atoms. The van der Waals surface area contributed by atoms with Crippen LogP contribution in [0, 0.1) is 0 Å². The number of carbonyl (C=O) groups is 1. The normalized spacial score (nSPS) is 11.2. The van der Waals surface area contributed by atoms with Crippen LogP contribution in [0.3, 0.4) is 0 Å². The van der Waals surface area contributed by atoms with Crippen molar-refractivity contribution >= 4 is 5.91 Å². The summed E-state index contributed by atoms with van der Waals surface area (Å²) in [6, 6.07) is 10.0. The number of nitrogens with two attached hydrogens (primary N) is 2. The fourth-order valence-corrected chi connectivity index (χ4v) is 1.50. The Bertz CT molecular complexity index is 654. The van der Waals surface area contributed by atoms with Gasteiger partial charge in [0.1, 0.15) is 18.6 Å². The van der Waals surface area contributed by atoms with E-state index in [-0.39, 0.29) is 12.4 Å². The highest BCUT2D eigenvalue weighted by molar-refractivity contribution is 5.79. The van der Waals surface area contributed by atoms with Gasteiger partial charge in [-0.05, 0) is 12.0 Å². The van der Waals surface area contributed by atoms with E-state index in [0.717, 1.165) is 17.9 Å². The van der Waals surface area contributed by atoms with Crippen molar-refractivity contribution in [3.05, 3.63) is 64.2 Å². The predicted octanol–water partition coefficient (Wildman–Crippen LogP) is -0.121. The molecule has 7 heteroatoms. The molecule has 1 heterocycles. The largest absolute Gasteiger partial charge is 0.502 e. The molecule has 0 bridgehead atoms. The highest BCUT2D eigenvalue weighted by Crippen LogP contribution is 2.02. The van der Waals surface area contributed by atoms with E-state index < -0.39 is 23.1 Å². The predicted molar refractivity (Wildman–Crippen MR) is 79.9 cm³/mol. The second-order valence-corrected chi connectivity index (χ2v) is 4.45. The molecule has 0 spiro atoms. The van der Waals surface area contributed by atoms with Gasteiger partial charge in [0.2, 0.25) is 11.3 Å². The number of primary amides is 1. The third-order valence-corrected chi connectivity index (χ3v) is 2.69. The van der Waals surface area contributed by atoms with Crippen molar-refractivity contribution in [2.24, 2.45) is 11.5 Å². The molecule has 1 aromatic heterocycles. The maximum Gasteiger partial charge on any atom is 0.234 e. The van der Waals surface area contributed by atoms with Gasteiger partial charge in [0.05, 0.1) is 6.04 Å². The van der Waals surface area contributed by atoms with Crippen LogP contribution in [0.1, 0.15) is 11.3 Å². The molecule has 0 aliphatic heterocycles. The summed E-state index contributed by atoms with van der Waals surface area (Å²) in [4.78, 5) is 21.2. The number of aromatic hydroxyl groups is 1. The summed E-state index contributed by atoms with van der Waals surface area (Å²) in [5.41, 5.74) is 11.0. The van der Waals surface area contributed by atoms with Gasteiger partial charge in [-0.1, -0.05) is 30.3 Å². The lowest BCUT2D eigenvalue weighted by molar-refractivity contribution is -0.119.